The van der Waals surface area contributed by atoms with E-state index in [1.54, 1.807) is 0 Å². The molecule has 2 rings (SSSR count). The minimum atomic E-state index is -5.66. The normalized spacial score (nSPS) is 12.7. The minimum absolute atomic E-state index is 0.133. The number of ether oxygens (including phenoxy) is 1. The molecule has 8 heteroatoms. The summed E-state index contributed by atoms with van der Waals surface area (Å²) in [5.41, 5.74) is 6.01. The van der Waals surface area contributed by atoms with Gasteiger partial charge in [0.1, 0.15) is 5.75 Å². The maximum Gasteiger partial charge on any atom is 0.456 e. The van der Waals surface area contributed by atoms with Gasteiger partial charge in [0.15, 0.2) is 6.61 Å². The van der Waals surface area contributed by atoms with Crippen molar-refractivity contribution < 1.29 is 26.7 Å². The van der Waals surface area contributed by atoms with Gasteiger partial charge in [0.25, 0.3) is 0 Å². The van der Waals surface area contributed by atoms with Gasteiger partial charge in [-0.2, -0.15) is 22.0 Å². The third kappa shape index (κ3) is 2.59. The Morgan fingerprint density at radius 2 is 1.75 bits per heavy atom. The van der Waals surface area contributed by atoms with Crippen LogP contribution in [0.15, 0.2) is 30.6 Å². The Bertz CT molecular complexity index is 627. The van der Waals surface area contributed by atoms with Crippen molar-refractivity contribution in [2.45, 2.75) is 12.1 Å². The Kier molecular flexibility index (Phi) is 3.41. The molecule has 1 heterocycles. The zero-order valence-corrected chi connectivity index (χ0v) is 9.92. The second kappa shape index (κ2) is 4.77. The van der Waals surface area contributed by atoms with Crippen molar-refractivity contribution in [1.29, 1.82) is 0 Å². The number of hydrogen-bond acceptors (Lipinski definition) is 3. The van der Waals surface area contributed by atoms with Gasteiger partial charge < -0.3 is 10.5 Å². The lowest BCUT2D eigenvalue weighted by Crippen LogP contribution is -2.41. The summed E-state index contributed by atoms with van der Waals surface area (Å²) in [7, 11) is 0. The van der Waals surface area contributed by atoms with E-state index in [1.807, 2.05) is 0 Å². The highest BCUT2D eigenvalue weighted by Crippen LogP contribution is 2.37. The van der Waals surface area contributed by atoms with Crippen molar-refractivity contribution in [1.82, 2.24) is 4.98 Å². The van der Waals surface area contributed by atoms with Crippen LogP contribution in [0.3, 0.4) is 0 Å². The van der Waals surface area contributed by atoms with Crippen LogP contribution in [0.2, 0.25) is 0 Å². The molecule has 0 saturated carbocycles. The molecule has 0 amide bonds. The van der Waals surface area contributed by atoms with Crippen LogP contribution < -0.4 is 10.5 Å². The highest BCUT2D eigenvalue weighted by atomic mass is 19.4. The predicted octanol–water partition coefficient (Wildman–Crippen LogP) is 3.39. The van der Waals surface area contributed by atoms with E-state index in [0.717, 1.165) is 0 Å². The van der Waals surface area contributed by atoms with Gasteiger partial charge in [-0.05, 0) is 18.2 Å². The lowest BCUT2D eigenvalue weighted by molar-refractivity contribution is -0.289. The van der Waals surface area contributed by atoms with Crippen LogP contribution in [0.25, 0.3) is 10.8 Å². The molecule has 0 fully saturated rings. The fraction of sp³-hybridized carbons (Fsp3) is 0.250. The monoisotopic (exact) mass is 292 g/mol. The van der Waals surface area contributed by atoms with E-state index in [0.29, 0.717) is 11.1 Å². The molecule has 0 unspecified atom stereocenters. The van der Waals surface area contributed by atoms with E-state index in [9.17, 15) is 22.0 Å². The van der Waals surface area contributed by atoms with Gasteiger partial charge >= 0.3 is 12.1 Å². The molecule has 2 aromatic rings. The first-order valence-corrected chi connectivity index (χ1v) is 5.42. The highest BCUT2D eigenvalue weighted by Gasteiger charge is 2.58. The number of aromatic nitrogens is 1. The molecule has 0 saturated heterocycles. The molecule has 3 nitrogen and oxygen atoms in total. The molecule has 0 bridgehead atoms. The van der Waals surface area contributed by atoms with Crippen LogP contribution in [-0.4, -0.2) is 23.7 Å². The summed E-state index contributed by atoms with van der Waals surface area (Å²) in [6.45, 7) is -1.80. The molecule has 108 valence electrons. The van der Waals surface area contributed by atoms with Crippen LogP contribution in [0, 0.1) is 0 Å². The SMILES string of the molecule is Nc1ccc(OCC(F)(F)C(F)(F)F)c2cnccc12. The summed E-state index contributed by atoms with van der Waals surface area (Å²) in [5, 5.41) is 0.735. The zero-order valence-electron chi connectivity index (χ0n) is 9.92. The van der Waals surface area contributed by atoms with Gasteiger partial charge in [-0.25, -0.2) is 0 Å². The van der Waals surface area contributed by atoms with Crippen LogP contribution in [0.5, 0.6) is 5.75 Å². The Balaban J connectivity index is 2.30. The number of alkyl halides is 5. The van der Waals surface area contributed by atoms with E-state index in [2.05, 4.69) is 9.72 Å². The second-order valence-electron chi connectivity index (χ2n) is 4.07. The van der Waals surface area contributed by atoms with Crippen LogP contribution in [0.4, 0.5) is 27.6 Å². The number of pyridine rings is 1. The van der Waals surface area contributed by atoms with Gasteiger partial charge in [0.2, 0.25) is 0 Å². The first kappa shape index (κ1) is 14.3. The molecule has 0 radical (unpaired) electrons. The smallest absolute Gasteiger partial charge is 0.456 e. The fourth-order valence-corrected chi connectivity index (χ4v) is 1.56. The van der Waals surface area contributed by atoms with Crippen LogP contribution in [-0.2, 0) is 0 Å². The second-order valence-corrected chi connectivity index (χ2v) is 4.07. The number of benzene rings is 1. The molecule has 0 atom stereocenters. The number of anilines is 1. The van der Waals surface area contributed by atoms with Gasteiger partial charge in [-0.3, -0.25) is 4.98 Å². The average Bonchev–Trinajstić information content (AvgIpc) is 2.37. The maximum atomic E-state index is 12.8. The maximum absolute atomic E-state index is 12.8. The van der Waals surface area contributed by atoms with E-state index in [4.69, 9.17) is 5.73 Å². The summed E-state index contributed by atoms with van der Waals surface area (Å²) in [6, 6.07) is 4.11. The van der Waals surface area contributed by atoms with Crippen molar-refractivity contribution in [2.75, 3.05) is 12.3 Å². The van der Waals surface area contributed by atoms with Crippen molar-refractivity contribution in [3.8, 4) is 5.75 Å². The van der Waals surface area contributed by atoms with E-state index >= 15 is 0 Å². The van der Waals surface area contributed by atoms with Crippen molar-refractivity contribution in [2.24, 2.45) is 0 Å². The number of halogens is 5. The molecular formula is C12H9F5N2O. The van der Waals surface area contributed by atoms with Crippen molar-refractivity contribution >= 4 is 16.5 Å². The van der Waals surface area contributed by atoms with Crippen LogP contribution in [0.1, 0.15) is 0 Å². The molecule has 20 heavy (non-hydrogen) atoms. The first-order valence-electron chi connectivity index (χ1n) is 5.42. The van der Waals surface area contributed by atoms with Gasteiger partial charge in [-0.15, -0.1) is 0 Å². The number of nitrogens with zero attached hydrogens (tertiary/aromatic N) is 1. The van der Waals surface area contributed by atoms with Crippen LogP contribution >= 0.6 is 0 Å². The first-order chi connectivity index (χ1) is 9.22. The van der Waals surface area contributed by atoms with E-state index in [1.165, 1.54) is 30.6 Å². The largest absolute Gasteiger partial charge is 0.486 e. The summed E-state index contributed by atoms with van der Waals surface area (Å²) < 4.78 is 66.4. The fourth-order valence-electron chi connectivity index (χ4n) is 1.56. The van der Waals surface area contributed by atoms with Crippen molar-refractivity contribution in [3.05, 3.63) is 30.6 Å². The molecule has 2 N–H and O–H groups in total. The third-order valence-electron chi connectivity index (χ3n) is 2.64. The third-order valence-corrected chi connectivity index (χ3v) is 2.64. The number of nitrogen functional groups attached to an aromatic ring is 1. The molecule has 0 aliphatic rings. The minimum Gasteiger partial charge on any atom is -0.486 e. The number of fused-ring (bicyclic) bond motifs is 1. The standard InChI is InChI=1S/C12H9F5N2O/c13-11(14,12(15,16)17)6-20-10-2-1-9(18)7-3-4-19-5-8(7)10/h1-5H,6,18H2. The summed E-state index contributed by atoms with van der Waals surface area (Å²) in [6.07, 6.45) is -2.95. The summed E-state index contributed by atoms with van der Waals surface area (Å²) >= 11 is 0. The molecule has 0 aliphatic carbocycles. The lowest BCUT2D eigenvalue weighted by atomic mass is 10.1. The Labute approximate surface area is 110 Å². The highest BCUT2D eigenvalue weighted by molar-refractivity contribution is 5.96. The Morgan fingerprint density at radius 3 is 2.40 bits per heavy atom. The molecule has 1 aromatic carbocycles. The van der Waals surface area contributed by atoms with Crippen molar-refractivity contribution in [3.63, 3.8) is 0 Å². The quantitative estimate of drug-likeness (QED) is 0.696. The molecule has 0 spiro atoms. The summed E-state index contributed by atoms with van der Waals surface area (Å²) in [4.78, 5) is 3.76. The number of hydrogen-bond donors (Lipinski definition) is 1. The topological polar surface area (TPSA) is 48.1 Å². The summed E-state index contributed by atoms with van der Waals surface area (Å²) in [5.74, 6) is -5.06. The molecular weight excluding hydrogens is 283 g/mol. The number of rotatable bonds is 3. The van der Waals surface area contributed by atoms with Gasteiger partial charge in [0, 0.05) is 28.9 Å². The lowest BCUT2D eigenvalue weighted by Gasteiger charge is -2.20. The Hall–Kier alpha value is -2.12. The van der Waals surface area contributed by atoms with Gasteiger partial charge in [0.05, 0.1) is 0 Å². The number of nitrogens with two attached hydrogens (primary N) is 1. The molecule has 0 aliphatic heterocycles. The van der Waals surface area contributed by atoms with Gasteiger partial charge in [-0.1, -0.05) is 0 Å². The predicted molar refractivity (Wildman–Crippen MR) is 62.7 cm³/mol. The Morgan fingerprint density at radius 1 is 1.05 bits per heavy atom. The molecule has 1 aromatic heterocycles. The average molecular weight is 292 g/mol. The van der Waals surface area contributed by atoms with E-state index < -0.39 is 18.7 Å². The van der Waals surface area contributed by atoms with E-state index in [-0.39, 0.29) is 11.1 Å². The zero-order chi connectivity index (χ0) is 15.0.